The van der Waals surface area contributed by atoms with E-state index in [0.717, 1.165) is 10.7 Å². The van der Waals surface area contributed by atoms with Crippen LogP contribution in [0.25, 0.3) is 0 Å². The van der Waals surface area contributed by atoms with Gasteiger partial charge in [-0.2, -0.15) is 0 Å². The summed E-state index contributed by atoms with van der Waals surface area (Å²) in [6, 6.07) is 4.50. The molecule has 0 aliphatic heterocycles. The first kappa shape index (κ1) is 10.3. The summed E-state index contributed by atoms with van der Waals surface area (Å²) in [7, 11) is 0. The SMILES string of the molecule is Cc1cc(CBr)c(CBr)cc1C. The predicted octanol–water partition coefficient (Wildman–Crippen LogP) is 4.09. The molecule has 0 spiro atoms. The van der Waals surface area contributed by atoms with E-state index in [2.05, 4.69) is 57.8 Å². The van der Waals surface area contributed by atoms with E-state index in [1.807, 2.05) is 0 Å². The van der Waals surface area contributed by atoms with Crippen molar-refractivity contribution in [1.29, 1.82) is 0 Å². The summed E-state index contributed by atoms with van der Waals surface area (Å²) < 4.78 is 0. The van der Waals surface area contributed by atoms with Gasteiger partial charge in [0.15, 0.2) is 0 Å². The van der Waals surface area contributed by atoms with Gasteiger partial charge in [0.1, 0.15) is 0 Å². The van der Waals surface area contributed by atoms with Crippen LogP contribution in [0.4, 0.5) is 0 Å². The molecule has 66 valence electrons. The van der Waals surface area contributed by atoms with Gasteiger partial charge >= 0.3 is 0 Å². The number of benzene rings is 1. The fraction of sp³-hybridized carbons (Fsp3) is 0.400. The molecule has 0 aromatic heterocycles. The van der Waals surface area contributed by atoms with Crippen molar-refractivity contribution in [3.8, 4) is 0 Å². The quantitative estimate of drug-likeness (QED) is 0.720. The summed E-state index contributed by atoms with van der Waals surface area (Å²) in [5, 5.41) is 1.88. The minimum Gasteiger partial charge on any atom is -0.0876 e. The fourth-order valence-corrected chi connectivity index (χ4v) is 2.23. The van der Waals surface area contributed by atoms with Gasteiger partial charge in [0.25, 0.3) is 0 Å². The third-order valence-corrected chi connectivity index (χ3v) is 3.31. The molecule has 0 nitrogen and oxygen atoms in total. The first-order chi connectivity index (χ1) is 5.69. The molecule has 0 heterocycles. The molecule has 12 heavy (non-hydrogen) atoms. The van der Waals surface area contributed by atoms with Gasteiger partial charge in [0.2, 0.25) is 0 Å². The van der Waals surface area contributed by atoms with Gasteiger partial charge in [0.05, 0.1) is 0 Å². The molecule has 1 rings (SSSR count). The molecule has 0 saturated carbocycles. The van der Waals surface area contributed by atoms with Gasteiger partial charge < -0.3 is 0 Å². The first-order valence-electron chi connectivity index (χ1n) is 3.90. The molecule has 1 aromatic carbocycles. The molecule has 2 heteroatoms. The van der Waals surface area contributed by atoms with Crippen LogP contribution in [0.5, 0.6) is 0 Å². The Kier molecular flexibility index (Phi) is 3.78. The normalized spacial score (nSPS) is 10.3. The number of alkyl halides is 2. The van der Waals surface area contributed by atoms with Crippen LogP contribution in [-0.4, -0.2) is 0 Å². The van der Waals surface area contributed by atoms with Gasteiger partial charge in [-0.1, -0.05) is 44.0 Å². The molecule has 0 amide bonds. The minimum absolute atomic E-state index is 0.940. The van der Waals surface area contributed by atoms with Crippen molar-refractivity contribution in [1.82, 2.24) is 0 Å². The zero-order valence-corrected chi connectivity index (χ0v) is 10.5. The van der Waals surface area contributed by atoms with Gasteiger partial charge in [-0.05, 0) is 36.1 Å². The van der Waals surface area contributed by atoms with Gasteiger partial charge in [-0.15, -0.1) is 0 Å². The molecule has 0 aliphatic rings. The fourth-order valence-electron chi connectivity index (χ4n) is 1.18. The highest BCUT2D eigenvalue weighted by Crippen LogP contribution is 2.20. The maximum atomic E-state index is 3.49. The lowest BCUT2D eigenvalue weighted by molar-refractivity contribution is 1.22. The first-order valence-corrected chi connectivity index (χ1v) is 6.14. The van der Waals surface area contributed by atoms with E-state index < -0.39 is 0 Å². The second-order valence-corrected chi connectivity index (χ2v) is 4.09. The summed E-state index contributed by atoms with van der Waals surface area (Å²) in [5.41, 5.74) is 5.51. The average molecular weight is 292 g/mol. The zero-order valence-electron chi connectivity index (χ0n) is 7.32. The molecular weight excluding hydrogens is 280 g/mol. The van der Waals surface area contributed by atoms with Crippen LogP contribution in [0.2, 0.25) is 0 Å². The molecule has 0 aliphatic carbocycles. The van der Waals surface area contributed by atoms with E-state index in [1.165, 1.54) is 22.3 Å². The predicted molar refractivity (Wildman–Crippen MR) is 61.2 cm³/mol. The lowest BCUT2D eigenvalue weighted by Crippen LogP contribution is -1.92. The molecule has 0 bridgehead atoms. The summed E-state index contributed by atoms with van der Waals surface area (Å²) in [6.07, 6.45) is 0. The summed E-state index contributed by atoms with van der Waals surface area (Å²) in [5.74, 6) is 0. The largest absolute Gasteiger partial charge is 0.0876 e. The van der Waals surface area contributed by atoms with E-state index in [9.17, 15) is 0 Å². The Morgan fingerprint density at radius 1 is 0.917 bits per heavy atom. The molecule has 0 N–H and O–H groups in total. The second-order valence-electron chi connectivity index (χ2n) is 2.97. The third-order valence-electron chi connectivity index (χ3n) is 2.10. The van der Waals surface area contributed by atoms with Crippen LogP contribution in [0.1, 0.15) is 22.3 Å². The standard InChI is InChI=1S/C10H12Br2/c1-7-3-9(5-11)10(6-12)4-8(7)2/h3-4H,5-6H2,1-2H3. The van der Waals surface area contributed by atoms with E-state index in [4.69, 9.17) is 0 Å². The highest BCUT2D eigenvalue weighted by atomic mass is 79.9. The average Bonchev–Trinajstić information content (AvgIpc) is 2.09. The lowest BCUT2D eigenvalue weighted by Gasteiger charge is -2.08. The van der Waals surface area contributed by atoms with E-state index in [1.54, 1.807) is 0 Å². The molecular formula is C10H12Br2. The highest BCUT2D eigenvalue weighted by molar-refractivity contribution is 9.09. The molecule has 0 radical (unpaired) electrons. The van der Waals surface area contributed by atoms with Crippen molar-refractivity contribution in [2.45, 2.75) is 24.5 Å². The van der Waals surface area contributed by atoms with Crippen molar-refractivity contribution in [2.24, 2.45) is 0 Å². The molecule has 0 fully saturated rings. The molecule has 0 saturated heterocycles. The summed E-state index contributed by atoms with van der Waals surface area (Å²) in [6.45, 7) is 4.30. The van der Waals surface area contributed by atoms with Crippen LogP contribution >= 0.6 is 31.9 Å². The lowest BCUT2D eigenvalue weighted by atomic mass is 10.0. The van der Waals surface area contributed by atoms with Crippen molar-refractivity contribution in [3.05, 3.63) is 34.4 Å². The van der Waals surface area contributed by atoms with E-state index in [-0.39, 0.29) is 0 Å². The van der Waals surface area contributed by atoms with Gasteiger partial charge in [-0.25, -0.2) is 0 Å². The minimum atomic E-state index is 0.940. The van der Waals surface area contributed by atoms with Crippen molar-refractivity contribution in [3.63, 3.8) is 0 Å². The van der Waals surface area contributed by atoms with Crippen LogP contribution in [0, 0.1) is 13.8 Å². The van der Waals surface area contributed by atoms with Crippen LogP contribution in [0.3, 0.4) is 0 Å². The summed E-state index contributed by atoms with van der Waals surface area (Å²) >= 11 is 6.97. The van der Waals surface area contributed by atoms with Crippen molar-refractivity contribution >= 4 is 31.9 Å². The van der Waals surface area contributed by atoms with E-state index >= 15 is 0 Å². The van der Waals surface area contributed by atoms with Crippen LogP contribution in [0.15, 0.2) is 12.1 Å². The Morgan fingerprint density at radius 3 is 1.50 bits per heavy atom. The van der Waals surface area contributed by atoms with Crippen LogP contribution in [-0.2, 0) is 10.7 Å². The van der Waals surface area contributed by atoms with E-state index in [0.29, 0.717) is 0 Å². The second kappa shape index (κ2) is 4.43. The Labute approximate surface area is 90.6 Å². The zero-order chi connectivity index (χ0) is 9.14. The smallest absolute Gasteiger partial charge is 0.0286 e. The Bertz CT molecular complexity index is 250. The molecule has 1 aromatic rings. The Hall–Kier alpha value is 0.180. The number of halogens is 2. The Balaban J connectivity index is 3.19. The molecule has 0 atom stereocenters. The number of hydrogen-bond donors (Lipinski definition) is 0. The van der Waals surface area contributed by atoms with Crippen LogP contribution < -0.4 is 0 Å². The number of aryl methyl sites for hydroxylation is 2. The molecule has 0 unspecified atom stereocenters. The van der Waals surface area contributed by atoms with Gasteiger partial charge in [0, 0.05) is 10.7 Å². The highest BCUT2D eigenvalue weighted by Gasteiger charge is 2.02. The maximum Gasteiger partial charge on any atom is 0.0286 e. The number of hydrogen-bond acceptors (Lipinski definition) is 0. The summed E-state index contributed by atoms with van der Waals surface area (Å²) in [4.78, 5) is 0. The maximum absolute atomic E-state index is 3.49. The monoisotopic (exact) mass is 290 g/mol. The van der Waals surface area contributed by atoms with Gasteiger partial charge in [-0.3, -0.25) is 0 Å². The van der Waals surface area contributed by atoms with Crippen molar-refractivity contribution in [2.75, 3.05) is 0 Å². The topological polar surface area (TPSA) is 0 Å². The van der Waals surface area contributed by atoms with Crippen molar-refractivity contribution < 1.29 is 0 Å². The third kappa shape index (κ3) is 2.11. The Morgan fingerprint density at radius 2 is 1.25 bits per heavy atom. The number of rotatable bonds is 2.